The molecule has 0 saturated heterocycles. The Morgan fingerprint density at radius 1 is 1.23 bits per heavy atom. The fourth-order valence-corrected chi connectivity index (χ4v) is 0.958. The molecule has 2 nitrogen and oxygen atoms in total. The molecule has 1 rings (SSSR count). The number of aliphatic hydroxyl groups is 1. The Hall–Kier alpha value is -1.02. The zero-order valence-corrected chi connectivity index (χ0v) is 8.37. The topological polar surface area (TPSA) is 29.5 Å². The number of aryl methyl sites for hydroxylation is 1. The van der Waals surface area contributed by atoms with Crippen LogP contribution in [0.4, 0.5) is 0 Å². The Balaban J connectivity index is 2.69. The second-order valence-corrected chi connectivity index (χ2v) is 3.83. The van der Waals surface area contributed by atoms with E-state index in [1.54, 1.807) is 0 Å². The lowest BCUT2D eigenvalue weighted by Gasteiger charge is -2.23. The average molecular weight is 180 g/mol. The van der Waals surface area contributed by atoms with Gasteiger partial charge in [0.05, 0.1) is 6.61 Å². The Kier molecular flexibility index (Phi) is 2.94. The highest BCUT2D eigenvalue weighted by Gasteiger charge is 2.17. The molecule has 0 bridgehead atoms. The quantitative estimate of drug-likeness (QED) is 0.772. The maximum Gasteiger partial charge on any atom is 0.126 e. The van der Waals surface area contributed by atoms with Crippen LogP contribution >= 0.6 is 0 Å². The standard InChI is InChI=1S/C11H16O2/c1-9-4-6-10(7-5-9)13-11(2,3)8-12/h4-7,12H,8H2,1-3H3. The Morgan fingerprint density at radius 2 is 1.77 bits per heavy atom. The second kappa shape index (κ2) is 3.79. The maximum absolute atomic E-state index is 8.98. The molecule has 2 heteroatoms. The number of hydrogen-bond acceptors (Lipinski definition) is 2. The molecular weight excluding hydrogens is 164 g/mol. The highest BCUT2D eigenvalue weighted by molar-refractivity contribution is 5.26. The van der Waals surface area contributed by atoms with Gasteiger partial charge in [0.1, 0.15) is 11.4 Å². The summed E-state index contributed by atoms with van der Waals surface area (Å²) < 4.78 is 5.56. The van der Waals surface area contributed by atoms with E-state index in [0.717, 1.165) is 5.75 Å². The molecule has 13 heavy (non-hydrogen) atoms. The van der Waals surface area contributed by atoms with Gasteiger partial charge in [-0.3, -0.25) is 0 Å². The smallest absolute Gasteiger partial charge is 0.126 e. The van der Waals surface area contributed by atoms with E-state index in [1.165, 1.54) is 5.56 Å². The van der Waals surface area contributed by atoms with Crippen molar-refractivity contribution in [3.63, 3.8) is 0 Å². The highest BCUT2D eigenvalue weighted by atomic mass is 16.5. The van der Waals surface area contributed by atoms with Crippen LogP contribution in [0.2, 0.25) is 0 Å². The van der Waals surface area contributed by atoms with Crippen molar-refractivity contribution < 1.29 is 9.84 Å². The van der Waals surface area contributed by atoms with Gasteiger partial charge in [0.2, 0.25) is 0 Å². The highest BCUT2D eigenvalue weighted by Crippen LogP contribution is 2.18. The van der Waals surface area contributed by atoms with Crippen LogP contribution < -0.4 is 4.74 Å². The lowest BCUT2D eigenvalue weighted by atomic mass is 10.1. The third-order valence-electron chi connectivity index (χ3n) is 1.80. The molecule has 0 aliphatic heterocycles. The van der Waals surface area contributed by atoms with E-state index < -0.39 is 5.60 Å². The Labute approximate surface area is 79.2 Å². The van der Waals surface area contributed by atoms with E-state index in [9.17, 15) is 0 Å². The zero-order valence-electron chi connectivity index (χ0n) is 8.37. The predicted octanol–water partition coefficient (Wildman–Crippen LogP) is 2.14. The minimum absolute atomic E-state index is 0.0148. The summed E-state index contributed by atoms with van der Waals surface area (Å²) in [6.45, 7) is 5.75. The normalized spacial score (nSPS) is 11.4. The van der Waals surface area contributed by atoms with Crippen LogP contribution in [0.3, 0.4) is 0 Å². The molecule has 0 aliphatic carbocycles. The van der Waals surface area contributed by atoms with E-state index in [1.807, 2.05) is 45.0 Å². The van der Waals surface area contributed by atoms with Gasteiger partial charge in [-0.05, 0) is 32.9 Å². The molecule has 0 unspecified atom stereocenters. The average Bonchev–Trinajstić information content (AvgIpc) is 2.09. The zero-order chi connectivity index (χ0) is 9.90. The third kappa shape index (κ3) is 3.07. The van der Waals surface area contributed by atoms with Crippen molar-refractivity contribution in [2.45, 2.75) is 26.4 Å². The number of hydrogen-bond donors (Lipinski definition) is 1. The van der Waals surface area contributed by atoms with Gasteiger partial charge < -0.3 is 9.84 Å². The summed E-state index contributed by atoms with van der Waals surface area (Å²) in [7, 11) is 0. The molecule has 0 radical (unpaired) electrons. The summed E-state index contributed by atoms with van der Waals surface area (Å²) in [6, 6.07) is 7.80. The van der Waals surface area contributed by atoms with Gasteiger partial charge in [-0.1, -0.05) is 17.7 Å². The van der Waals surface area contributed by atoms with Crippen LogP contribution in [0.5, 0.6) is 5.75 Å². The largest absolute Gasteiger partial charge is 0.485 e. The van der Waals surface area contributed by atoms with Gasteiger partial charge in [0, 0.05) is 0 Å². The van der Waals surface area contributed by atoms with Gasteiger partial charge in [-0.15, -0.1) is 0 Å². The van der Waals surface area contributed by atoms with Gasteiger partial charge in [0.25, 0.3) is 0 Å². The van der Waals surface area contributed by atoms with Crippen molar-refractivity contribution in [2.24, 2.45) is 0 Å². The third-order valence-corrected chi connectivity index (χ3v) is 1.80. The lowest BCUT2D eigenvalue weighted by molar-refractivity contribution is 0.0412. The molecule has 0 saturated carbocycles. The second-order valence-electron chi connectivity index (χ2n) is 3.83. The first-order chi connectivity index (χ1) is 6.03. The molecule has 1 aromatic rings. The fourth-order valence-electron chi connectivity index (χ4n) is 0.958. The van der Waals surface area contributed by atoms with E-state index in [2.05, 4.69) is 0 Å². The van der Waals surface area contributed by atoms with Gasteiger partial charge in [-0.2, -0.15) is 0 Å². The monoisotopic (exact) mass is 180 g/mol. The molecule has 0 aromatic heterocycles. The molecule has 0 fully saturated rings. The number of aliphatic hydroxyl groups excluding tert-OH is 1. The molecule has 0 atom stereocenters. The minimum Gasteiger partial charge on any atom is -0.485 e. The number of rotatable bonds is 3. The summed E-state index contributed by atoms with van der Waals surface area (Å²) in [5, 5.41) is 8.98. The molecule has 0 amide bonds. The minimum atomic E-state index is -0.505. The van der Waals surface area contributed by atoms with Crippen LogP contribution in [-0.4, -0.2) is 17.3 Å². The Bertz CT molecular complexity index is 262. The van der Waals surface area contributed by atoms with Gasteiger partial charge >= 0.3 is 0 Å². The summed E-state index contributed by atoms with van der Waals surface area (Å²) in [5.41, 5.74) is 0.698. The first-order valence-electron chi connectivity index (χ1n) is 4.40. The van der Waals surface area contributed by atoms with E-state index >= 15 is 0 Å². The maximum atomic E-state index is 8.98. The van der Waals surface area contributed by atoms with Crippen LogP contribution in [0.25, 0.3) is 0 Å². The summed E-state index contributed by atoms with van der Waals surface area (Å²) in [4.78, 5) is 0. The summed E-state index contributed by atoms with van der Waals surface area (Å²) >= 11 is 0. The summed E-state index contributed by atoms with van der Waals surface area (Å²) in [6.07, 6.45) is 0. The van der Waals surface area contributed by atoms with Crippen molar-refractivity contribution in [3.8, 4) is 5.75 Å². The number of benzene rings is 1. The number of ether oxygens (including phenoxy) is 1. The van der Waals surface area contributed by atoms with Crippen molar-refractivity contribution >= 4 is 0 Å². The predicted molar refractivity (Wildman–Crippen MR) is 53.0 cm³/mol. The van der Waals surface area contributed by atoms with Crippen molar-refractivity contribution in [2.75, 3.05) is 6.61 Å². The molecule has 0 heterocycles. The van der Waals surface area contributed by atoms with Crippen molar-refractivity contribution in [1.82, 2.24) is 0 Å². The Morgan fingerprint density at radius 3 is 2.23 bits per heavy atom. The molecule has 1 aromatic carbocycles. The first kappa shape index (κ1) is 10.1. The SMILES string of the molecule is Cc1ccc(OC(C)(C)CO)cc1. The van der Waals surface area contributed by atoms with E-state index in [-0.39, 0.29) is 6.61 Å². The van der Waals surface area contributed by atoms with Crippen LogP contribution in [-0.2, 0) is 0 Å². The fraction of sp³-hybridized carbons (Fsp3) is 0.455. The van der Waals surface area contributed by atoms with E-state index in [4.69, 9.17) is 9.84 Å². The lowest BCUT2D eigenvalue weighted by Crippen LogP contribution is -2.32. The first-order valence-corrected chi connectivity index (χ1v) is 4.40. The molecule has 0 spiro atoms. The van der Waals surface area contributed by atoms with Crippen molar-refractivity contribution in [3.05, 3.63) is 29.8 Å². The van der Waals surface area contributed by atoms with E-state index in [0.29, 0.717) is 0 Å². The molecular formula is C11H16O2. The molecule has 0 aliphatic rings. The van der Waals surface area contributed by atoms with Crippen LogP contribution in [0, 0.1) is 6.92 Å². The summed E-state index contributed by atoms with van der Waals surface area (Å²) in [5.74, 6) is 0.796. The van der Waals surface area contributed by atoms with Gasteiger partial charge in [-0.25, -0.2) is 0 Å². The molecule has 72 valence electrons. The molecule has 1 N–H and O–H groups in total. The van der Waals surface area contributed by atoms with Crippen LogP contribution in [0.1, 0.15) is 19.4 Å². The van der Waals surface area contributed by atoms with Crippen molar-refractivity contribution in [1.29, 1.82) is 0 Å². The van der Waals surface area contributed by atoms with Crippen LogP contribution in [0.15, 0.2) is 24.3 Å². The van der Waals surface area contributed by atoms with Gasteiger partial charge in [0.15, 0.2) is 0 Å².